The molecule has 1 atom stereocenters. The number of nitrogens with one attached hydrogen (secondary N) is 1. The number of hydrogen-bond acceptors (Lipinski definition) is 4. The van der Waals surface area contributed by atoms with Crippen molar-refractivity contribution in [3.05, 3.63) is 36.0 Å². The van der Waals surface area contributed by atoms with Gasteiger partial charge in [-0.15, -0.1) is 11.8 Å². The first kappa shape index (κ1) is 15.3. The lowest BCUT2D eigenvalue weighted by molar-refractivity contribution is -0.140. The number of para-hydroxylation sites is 1. The van der Waals surface area contributed by atoms with Crippen LogP contribution in [0.5, 0.6) is 0 Å². The summed E-state index contributed by atoms with van der Waals surface area (Å²) in [6.07, 6.45) is 0. The Morgan fingerprint density at radius 1 is 1.38 bits per heavy atom. The molecule has 0 aliphatic carbocycles. The van der Waals surface area contributed by atoms with Crippen LogP contribution >= 0.6 is 11.8 Å². The van der Waals surface area contributed by atoms with Crippen molar-refractivity contribution >= 4 is 34.5 Å². The molecule has 2 aromatic rings. The van der Waals surface area contributed by atoms with E-state index in [2.05, 4.69) is 10.3 Å². The summed E-state index contributed by atoms with van der Waals surface area (Å²) in [5, 5.41) is 12.6. The molecule has 0 spiro atoms. The first-order valence-electron chi connectivity index (χ1n) is 6.46. The summed E-state index contributed by atoms with van der Waals surface area (Å²) in [5.41, 5.74) is 1.76. The molecule has 0 radical (unpaired) electrons. The summed E-state index contributed by atoms with van der Waals surface area (Å²) < 4.78 is 0. The third-order valence-electron chi connectivity index (χ3n) is 2.89. The highest BCUT2D eigenvalue weighted by Gasteiger charge is 2.19. The molecule has 1 amide bonds. The van der Waals surface area contributed by atoms with Gasteiger partial charge >= 0.3 is 5.97 Å². The molecule has 110 valence electrons. The fourth-order valence-electron chi connectivity index (χ4n) is 1.98. The van der Waals surface area contributed by atoms with Gasteiger partial charge in [0.15, 0.2) is 0 Å². The van der Waals surface area contributed by atoms with E-state index in [1.807, 2.05) is 37.3 Å². The minimum absolute atomic E-state index is 0.266. The van der Waals surface area contributed by atoms with Crippen LogP contribution in [0.1, 0.15) is 12.6 Å². The van der Waals surface area contributed by atoms with E-state index in [1.165, 1.54) is 18.7 Å². The molecule has 21 heavy (non-hydrogen) atoms. The number of benzene rings is 1. The normalized spacial score (nSPS) is 12.1. The zero-order chi connectivity index (χ0) is 15.4. The van der Waals surface area contributed by atoms with Gasteiger partial charge in [-0.3, -0.25) is 9.78 Å². The maximum atomic E-state index is 11.1. The summed E-state index contributed by atoms with van der Waals surface area (Å²) in [4.78, 5) is 27.6. The number of fused-ring (bicyclic) bond motifs is 1. The van der Waals surface area contributed by atoms with Crippen LogP contribution in [-0.4, -0.2) is 33.8 Å². The van der Waals surface area contributed by atoms with Gasteiger partial charge < -0.3 is 10.4 Å². The van der Waals surface area contributed by atoms with E-state index in [0.29, 0.717) is 0 Å². The van der Waals surface area contributed by atoms with Gasteiger partial charge in [-0.25, -0.2) is 4.79 Å². The monoisotopic (exact) mass is 304 g/mol. The molecule has 1 aromatic heterocycles. The van der Waals surface area contributed by atoms with E-state index in [0.717, 1.165) is 21.5 Å². The van der Waals surface area contributed by atoms with Gasteiger partial charge in [0.25, 0.3) is 0 Å². The minimum Gasteiger partial charge on any atom is -0.480 e. The number of carbonyl (C=O) groups excluding carboxylic acids is 1. The summed E-state index contributed by atoms with van der Waals surface area (Å²) in [5.74, 6) is -1.12. The summed E-state index contributed by atoms with van der Waals surface area (Å²) in [6.45, 7) is 3.21. The molecule has 0 fully saturated rings. The molecule has 6 heteroatoms. The molecular weight excluding hydrogens is 288 g/mol. The molecule has 0 bridgehead atoms. The third kappa shape index (κ3) is 3.95. The van der Waals surface area contributed by atoms with Gasteiger partial charge in [0.1, 0.15) is 6.04 Å². The Balaban J connectivity index is 2.23. The number of carbonyl (C=O) groups is 2. The van der Waals surface area contributed by atoms with Crippen molar-refractivity contribution in [1.29, 1.82) is 0 Å². The molecule has 1 unspecified atom stereocenters. The predicted molar refractivity (Wildman–Crippen MR) is 82.4 cm³/mol. The average Bonchev–Trinajstić information content (AvgIpc) is 2.42. The first-order valence-corrected chi connectivity index (χ1v) is 7.45. The lowest BCUT2D eigenvalue weighted by atomic mass is 10.2. The Morgan fingerprint density at radius 3 is 2.76 bits per heavy atom. The molecule has 2 N–H and O–H groups in total. The van der Waals surface area contributed by atoms with Crippen molar-refractivity contribution in [3.63, 3.8) is 0 Å². The highest BCUT2D eigenvalue weighted by Crippen LogP contribution is 2.28. The van der Waals surface area contributed by atoms with Gasteiger partial charge in [-0.2, -0.15) is 0 Å². The lowest BCUT2D eigenvalue weighted by Gasteiger charge is -2.14. The number of nitrogens with zero attached hydrogens (tertiary/aromatic N) is 1. The second-order valence-corrected chi connectivity index (χ2v) is 5.74. The number of aliphatic carboxylic acids is 1. The Bertz CT molecular complexity index is 688. The van der Waals surface area contributed by atoms with Crippen LogP contribution in [0.25, 0.3) is 10.9 Å². The number of carboxylic acids is 1. The van der Waals surface area contributed by atoms with Crippen LogP contribution in [0, 0.1) is 6.92 Å². The Labute approximate surface area is 126 Å². The van der Waals surface area contributed by atoms with Crippen LogP contribution in [0.3, 0.4) is 0 Å². The average molecular weight is 304 g/mol. The number of amides is 1. The van der Waals surface area contributed by atoms with Crippen molar-refractivity contribution in [2.75, 3.05) is 5.75 Å². The van der Waals surface area contributed by atoms with E-state index in [4.69, 9.17) is 5.11 Å². The number of aryl methyl sites for hydroxylation is 1. The summed E-state index contributed by atoms with van der Waals surface area (Å²) in [6, 6.07) is 8.75. The smallest absolute Gasteiger partial charge is 0.327 e. The molecular formula is C15H16N2O3S. The number of carboxylic acid groups (broad SMARTS) is 1. The zero-order valence-electron chi connectivity index (χ0n) is 11.8. The van der Waals surface area contributed by atoms with Crippen LogP contribution in [0.15, 0.2) is 35.2 Å². The van der Waals surface area contributed by atoms with Crippen molar-refractivity contribution in [2.45, 2.75) is 24.8 Å². The predicted octanol–water partition coefficient (Wildman–Crippen LogP) is 2.22. The molecule has 1 heterocycles. The maximum Gasteiger partial charge on any atom is 0.327 e. The standard InChI is InChI=1S/C15H16N2O3S/c1-9-7-14(11-5-3-4-6-12(11)16-9)21-8-13(15(19)20)17-10(2)18/h3-7,13H,8H2,1-2H3,(H,17,18)(H,19,20). The van der Waals surface area contributed by atoms with Gasteiger partial charge in [0.05, 0.1) is 5.52 Å². The molecule has 1 aromatic carbocycles. The fraction of sp³-hybridized carbons (Fsp3) is 0.267. The molecule has 0 aliphatic heterocycles. The van der Waals surface area contributed by atoms with Crippen molar-refractivity contribution in [3.8, 4) is 0 Å². The lowest BCUT2D eigenvalue weighted by Crippen LogP contribution is -2.41. The second-order valence-electron chi connectivity index (χ2n) is 4.68. The van der Waals surface area contributed by atoms with Gasteiger partial charge in [0.2, 0.25) is 5.91 Å². The second kappa shape index (κ2) is 6.58. The van der Waals surface area contributed by atoms with Gasteiger partial charge in [0, 0.05) is 28.7 Å². The SMILES string of the molecule is CC(=O)NC(CSc1cc(C)nc2ccccc12)C(=O)O. The number of hydrogen-bond donors (Lipinski definition) is 2. The van der Waals surface area contributed by atoms with E-state index in [-0.39, 0.29) is 11.7 Å². The van der Waals surface area contributed by atoms with Crippen LogP contribution in [-0.2, 0) is 9.59 Å². The van der Waals surface area contributed by atoms with Crippen molar-refractivity contribution in [1.82, 2.24) is 10.3 Å². The summed E-state index contributed by atoms with van der Waals surface area (Å²) >= 11 is 1.41. The van der Waals surface area contributed by atoms with Crippen LogP contribution in [0.2, 0.25) is 0 Å². The van der Waals surface area contributed by atoms with E-state index < -0.39 is 12.0 Å². The minimum atomic E-state index is -1.03. The van der Waals surface area contributed by atoms with Crippen molar-refractivity contribution in [2.24, 2.45) is 0 Å². The van der Waals surface area contributed by atoms with E-state index >= 15 is 0 Å². The molecule has 5 nitrogen and oxygen atoms in total. The fourth-order valence-corrected chi connectivity index (χ4v) is 3.14. The zero-order valence-corrected chi connectivity index (χ0v) is 12.6. The summed E-state index contributed by atoms with van der Waals surface area (Å²) in [7, 11) is 0. The maximum absolute atomic E-state index is 11.1. The third-order valence-corrected chi connectivity index (χ3v) is 4.04. The Kier molecular flexibility index (Phi) is 4.80. The molecule has 0 saturated heterocycles. The first-order chi connectivity index (χ1) is 9.97. The largest absolute Gasteiger partial charge is 0.480 e. The Morgan fingerprint density at radius 2 is 2.10 bits per heavy atom. The molecule has 0 aliphatic rings. The van der Waals surface area contributed by atoms with Gasteiger partial charge in [-0.05, 0) is 19.1 Å². The van der Waals surface area contributed by atoms with Gasteiger partial charge in [-0.1, -0.05) is 18.2 Å². The molecule has 2 rings (SSSR count). The quantitative estimate of drug-likeness (QED) is 0.828. The number of rotatable bonds is 5. The van der Waals surface area contributed by atoms with Crippen molar-refractivity contribution < 1.29 is 14.7 Å². The number of thioether (sulfide) groups is 1. The van der Waals surface area contributed by atoms with Crippen LogP contribution < -0.4 is 5.32 Å². The number of pyridine rings is 1. The van der Waals surface area contributed by atoms with Crippen LogP contribution in [0.4, 0.5) is 0 Å². The molecule has 0 saturated carbocycles. The van der Waals surface area contributed by atoms with E-state index in [1.54, 1.807) is 0 Å². The van der Waals surface area contributed by atoms with E-state index in [9.17, 15) is 9.59 Å². The highest BCUT2D eigenvalue weighted by atomic mass is 32.2. The number of aromatic nitrogens is 1. The topological polar surface area (TPSA) is 79.3 Å². The Hall–Kier alpha value is -2.08. The highest BCUT2D eigenvalue weighted by molar-refractivity contribution is 7.99.